The molecular weight excluding hydrogens is 218 g/mol. The molecule has 0 aliphatic heterocycles. The maximum atomic E-state index is 4.46. The summed E-state index contributed by atoms with van der Waals surface area (Å²) in [5.41, 5.74) is 4.97. The highest BCUT2D eigenvalue weighted by Crippen LogP contribution is 2.29. The van der Waals surface area contributed by atoms with E-state index in [0.29, 0.717) is 0 Å². The highest BCUT2D eigenvalue weighted by Gasteiger charge is 2.07. The second-order valence-electron chi connectivity index (χ2n) is 4.25. The molecular formula is C17H19N. The highest BCUT2D eigenvalue weighted by molar-refractivity contribution is 5.79. The molecule has 0 bridgehead atoms. The van der Waals surface area contributed by atoms with Gasteiger partial charge in [-0.25, -0.2) is 0 Å². The number of allylic oxidation sites excluding steroid dienone is 2. The van der Waals surface area contributed by atoms with Crippen LogP contribution in [0.25, 0.3) is 16.8 Å². The number of rotatable bonds is 4. The summed E-state index contributed by atoms with van der Waals surface area (Å²) in [6.07, 6.45) is 6.28. The Morgan fingerprint density at radius 3 is 2.50 bits per heavy atom. The van der Waals surface area contributed by atoms with Gasteiger partial charge in [0.1, 0.15) is 0 Å². The molecule has 18 heavy (non-hydrogen) atoms. The SMILES string of the molecule is CC/C=C(\CC)c1ccccc1-c1ccccn1. The Morgan fingerprint density at radius 2 is 1.83 bits per heavy atom. The van der Waals surface area contributed by atoms with E-state index in [1.54, 1.807) is 0 Å². The monoisotopic (exact) mass is 237 g/mol. The van der Waals surface area contributed by atoms with Gasteiger partial charge in [-0.1, -0.05) is 50.3 Å². The molecule has 0 radical (unpaired) electrons. The fourth-order valence-electron chi connectivity index (χ4n) is 2.20. The Labute approximate surface area is 109 Å². The molecule has 0 N–H and O–H groups in total. The van der Waals surface area contributed by atoms with Gasteiger partial charge in [-0.05, 0) is 36.1 Å². The summed E-state index contributed by atoms with van der Waals surface area (Å²) >= 11 is 0. The fraction of sp³-hybridized carbons (Fsp3) is 0.235. The maximum Gasteiger partial charge on any atom is 0.0708 e. The average molecular weight is 237 g/mol. The van der Waals surface area contributed by atoms with Gasteiger partial charge in [-0.15, -0.1) is 0 Å². The topological polar surface area (TPSA) is 12.9 Å². The van der Waals surface area contributed by atoms with Gasteiger partial charge < -0.3 is 0 Å². The normalized spacial score (nSPS) is 11.6. The van der Waals surface area contributed by atoms with Crippen LogP contribution >= 0.6 is 0 Å². The first-order valence-corrected chi connectivity index (χ1v) is 6.56. The molecule has 0 spiro atoms. The molecule has 0 saturated heterocycles. The molecule has 0 unspecified atom stereocenters. The minimum Gasteiger partial charge on any atom is -0.256 e. The summed E-state index contributed by atoms with van der Waals surface area (Å²) in [6, 6.07) is 14.6. The van der Waals surface area contributed by atoms with Crippen molar-refractivity contribution in [3.63, 3.8) is 0 Å². The molecule has 1 nitrogen and oxygen atoms in total. The quantitative estimate of drug-likeness (QED) is 0.733. The summed E-state index contributed by atoms with van der Waals surface area (Å²) in [4.78, 5) is 4.46. The molecule has 0 aliphatic rings. The van der Waals surface area contributed by atoms with Crippen LogP contribution < -0.4 is 0 Å². The van der Waals surface area contributed by atoms with Gasteiger partial charge in [0.05, 0.1) is 5.69 Å². The lowest BCUT2D eigenvalue weighted by Crippen LogP contribution is -1.90. The molecule has 2 rings (SSSR count). The molecule has 1 aromatic carbocycles. The Kier molecular flexibility index (Phi) is 4.30. The van der Waals surface area contributed by atoms with Crippen molar-refractivity contribution in [2.24, 2.45) is 0 Å². The first-order valence-electron chi connectivity index (χ1n) is 6.56. The number of hydrogen-bond donors (Lipinski definition) is 0. The largest absolute Gasteiger partial charge is 0.256 e. The van der Waals surface area contributed by atoms with Crippen LogP contribution in [-0.4, -0.2) is 4.98 Å². The van der Waals surface area contributed by atoms with Crippen molar-refractivity contribution in [1.82, 2.24) is 4.98 Å². The summed E-state index contributed by atoms with van der Waals surface area (Å²) in [6.45, 7) is 4.38. The van der Waals surface area contributed by atoms with Gasteiger partial charge >= 0.3 is 0 Å². The van der Waals surface area contributed by atoms with Crippen LogP contribution in [0.5, 0.6) is 0 Å². The molecule has 0 amide bonds. The van der Waals surface area contributed by atoms with Gasteiger partial charge in [0.15, 0.2) is 0 Å². The number of benzene rings is 1. The summed E-state index contributed by atoms with van der Waals surface area (Å²) in [5.74, 6) is 0. The highest BCUT2D eigenvalue weighted by atomic mass is 14.7. The molecule has 1 aromatic heterocycles. The van der Waals surface area contributed by atoms with E-state index in [4.69, 9.17) is 0 Å². The Hall–Kier alpha value is -1.89. The second-order valence-corrected chi connectivity index (χ2v) is 4.25. The number of pyridine rings is 1. The van der Waals surface area contributed by atoms with Crippen LogP contribution in [0, 0.1) is 0 Å². The van der Waals surface area contributed by atoms with Crippen LogP contribution in [0.15, 0.2) is 54.7 Å². The van der Waals surface area contributed by atoms with Crippen molar-refractivity contribution >= 4 is 5.57 Å². The first-order chi connectivity index (χ1) is 8.86. The van der Waals surface area contributed by atoms with E-state index in [-0.39, 0.29) is 0 Å². The van der Waals surface area contributed by atoms with E-state index in [0.717, 1.165) is 18.5 Å². The van der Waals surface area contributed by atoms with Gasteiger partial charge in [0.25, 0.3) is 0 Å². The van der Waals surface area contributed by atoms with Crippen molar-refractivity contribution < 1.29 is 0 Å². The molecule has 0 saturated carbocycles. The predicted molar refractivity (Wildman–Crippen MR) is 78.2 cm³/mol. The van der Waals surface area contributed by atoms with Crippen LogP contribution in [0.1, 0.15) is 32.3 Å². The lowest BCUT2D eigenvalue weighted by atomic mass is 9.95. The molecule has 1 heterocycles. The Balaban J connectivity index is 2.53. The smallest absolute Gasteiger partial charge is 0.0708 e. The molecule has 1 heteroatoms. The molecule has 0 atom stereocenters. The number of aromatic nitrogens is 1. The minimum absolute atomic E-state index is 1.04. The van der Waals surface area contributed by atoms with Crippen molar-refractivity contribution in [2.45, 2.75) is 26.7 Å². The third-order valence-corrected chi connectivity index (χ3v) is 3.05. The zero-order valence-electron chi connectivity index (χ0n) is 11.1. The van der Waals surface area contributed by atoms with E-state index in [1.807, 2.05) is 18.3 Å². The number of nitrogens with zero attached hydrogens (tertiary/aromatic N) is 1. The van der Waals surface area contributed by atoms with Gasteiger partial charge in [-0.3, -0.25) is 4.98 Å². The zero-order valence-corrected chi connectivity index (χ0v) is 11.1. The van der Waals surface area contributed by atoms with Crippen molar-refractivity contribution in [1.29, 1.82) is 0 Å². The average Bonchev–Trinajstić information content (AvgIpc) is 2.46. The lowest BCUT2D eigenvalue weighted by Gasteiger charge is -2.11. The molecule has 0 fully saturated rings. The fourth-order valence-corrected chi connectivity index (χ4v) is 2.20. The minimum atomic E-state index is 1.04. The standard InChI is InChI=1S/C17H19N/c1-3-9-14(4-2)15-10-5-6-11-16(15)17-12-7-8-13-18-17/h5-13H,3-4H2,1-2H3/b14-9+. The third-order valence-electron chi connectivity index (χ3n) is 3.05. The third kappa shape index (κ3) is 2.67. The number of hydrogen-bond acceptors (Lipinski definition) is 1. The second kappa shape index (κ2) is 6.15. The zero-order chi connectivity index (χ0) is 12.8. The summed E-state index contributed by atoms with van der Waals surface area (Å²) in [7, 11) is 0. The lowest BCUT2D eigenvalue weighted by molar-refractivity contribution is 1.17. The first kappa shape index (κ1) is 12.6. The predicted octanol–water partition coefficient (Wildman–Crippen LogP) is 4.95. The summed E-state index contributed by atoms with van der Waals surface area (Å²) in [5, 5.41) is 0. The van der Waals surface area contributed by atoms with Crippen molar-refractivity contribution in [3.8, 4) is 11.3 Å². The van der Waals surface area contributed by atoms with Gasteiger partial charge in [0.2, 0.25) is 0 Å². The molecule has 2 aromatic rings. The Bertz CT molecular complexity index is 526. The molecule has 92 valence electrons. The van der Waals surface area contributed by atoms with E-state index in [1.165, 1.54) is 16.7 Å². The van der Waals surface area contributed by atoms with E-state index in [9.17, 15) is 0 Å². The van der Waals surface area contributed by atoms with Crippen LogP contribution in [0.4, 0.5) is 0 Å². The summed E-state index contributed by atoms with van der Waals surface area (Å²) < 4.78 is 0. The van der Waals surface area contributed by atoms with Crippen LogP contribution in [0.3, 0.4) is 0 Å². The van der Waals surface area contributed by atoms with Gasteiger partial charge in [0, 0.05) is 11.8 Å². The van der Waals surface area contributed by atoms with E-state index in [2.05, 4.69) is 55.2 Å². The van der Waals surface area contributed by atoms with E-state index < -0.39 is 0 Å². The van der Waals surface area contributed by atoms with Crippen molar-refractivity contribution in [3.05, 3.63) is 60.3 Å². The van der Waals surface area contributed by atoms with E-state index >= 15 is 0 Å². The van der Waals surface area contributed by atoms with Crippen molar-refractivity contribution in [2.75, 3.05) is 0 Å². The Morgan fingerprint density at radius 1 is 1.06 bits per heavy atom. The maximum absolute atomic E-state index is 4.46. The van der Waals surface area contributed by atoms with Crippen LogP contribution in [0.2, 0.25) is 0 Å². The molecule has 0 aliphatic carbocycles. The van der Waals surface area contributed by atoms with Crippen LogP contribution in [-0.2, 0) is 0 Å². The van der Waals surface area contributed by atoms with Gasteiger partial charge in [-0.2, -0.15) is 0 Å².